The van der Waals surface area contributed by atoms with E-state index < -0.39 is 0 Å². The van der Waals surface area contributed by atoms with Crippen molar-refractivity contribution in [1.82, 2.24) is 0 Å². The first-order chi connectivity index (χ1) is 6.58. The Labute approximate surface area is 89.9 Å². The van der Waals surface area contributed by atoms with Gasteiger partial charge in [0, 0.05) is 0 Å². The van der Waals surface area contributed by atoms with E-state index in [1.807, 2.05) is 0 Å². The van der Waals surface area contributed by atoms with Crippen molar-refractivity contribution in [3.8, 4) is 0 Å². The van der Waals surface area contributed by atoms with Gasteiger partial charge >= 0.3 is 0 Å². The molecule has 0 heterocycles. The van der Waals surface area contributed by atoms with Crippen molar-refractivity contribution in [2.75, 3.05) is 0 Å². The summed E-state index contributed by atoms with van der Waals surface area (Å²) in [6.45, 7) is 8.81. The van der Waals surface area contributed by atoms with Gasteiger partial charge in [-0.2, -0.15) is 0 Å². The zero-order chi connectivity index (χ0) is 11.0. The van der Waals surface area contributed by atoms with E-state index in [0.29, 0.717) is 0 Å². The molecule has 1 nitrogen and oxygen atoms in total. The molecule has 0 saturated heterocycles. The second-order valence-electron chi connectivity index (χ2n) is 4.78. The highest BCUT2D eigenvalue weighted by Gasteiger charge is 2.24. The maximum Gasteiger partial charge on any atom is 0.0647 e. The van der Waals surface area contributed by atoms with Crippen molar-refractivity contribution in [3.05, 3.63) is 0 Å². The van der Waals surface area contributed by atoms with E-state index in [4.69, 9.17) is 0 Å². The second-order valence-corrected chi connectivity index (χ2v) is 4.78. The summed E-state index contributed by atoms with van der Waals surface area (Å²) in [4.78, 5) is 0. The first-order valence-corrected chi connectivity index (χ1v) is 6.30. The normalized spacial score (nSPS) is 14.4. The first kappa shape index (κ1) is 14.0. The lowest BCUT2D eigenvalue weighted by atomic mass is 9.85. The van der Waals surface area contributed by atoms with Crippen LogP contribution in [0.15, 0.2) is 0 Å². The van der Waals surface area contributed by atoms with Gasteiger partial charge in [-0.1, -0.05) is 47.0 Å². The molecule has 0 radical (unpaired) electrons. The molecule has 0 amide bonds. The molecule has 0 saturated carbocycles. The molecule has 1 atom stereocenters. The van der Waals surface area contributed by atoms with Gasteiger partial charge in [0.15, 0.2) is 0 Å². The minimum atomic E-state index is -0.368. The van der Waals surface area contributed by atoms with Crippen molar-refractivity contribution in [3.63, 3.8) is 0 Å². The Kier molecular flexibility index (Phi) is 7.26. The van der Waals surface area contributed by atoms with Gasteiger partial charge in [0.2, 0.25) is 0 Å². The quantitative estimate of drug-likeness (QED) is 0.624. The van der Waals surface area contributed by atoms with Crippen molar-refractivity contribution < 1.29 is 5.11 Å². The van der Waals surface area contributed by atoms with Gasteiger partial charge < -0.3 is 5.11 Å². The third-order valence-electron chi connectivity index (χ3n) is 3.23. The molecule has 1 N–H and O–H groups in total. The average Bonchev–Trinajstić information content (AvgIpc) is 2.15. The molecule has 0 unspecified atom stereocenters. The van der Waals surface area contributed by atoms with E-state index in [9.17, 15) is 5.11 Å². The highest BCUT2D eigenvalue weighted by Crippen LogP contribution is 2.27. The van der Waals surface area contributed by atoms with Crippen LogP contribution in [0.5, 0.6) is 0 Å². The van der Waals surface area contributed by atoms with Crippen LogP contribution in [0.2, 0.25) is 0 Å². The van der Waals surface area contributed by atoms with Crippen molar-refractivity contribution >= 4 is 0 Å². The van der Waals surface area contributed by atoms with Crippen LogP contribution in [0.25, 0.3) is 0 Å². The molecule has 0 aliphatic rings. The van der Waals surface area contributed by atoms with E-state index in [0.717, 1.165) is 38.0 Å². The molecule has 0 aromatic heterocycles. The van der Waals surface area contributed by atoms with E-state index >= 15 is 0 Å². The molecule has 0 aliphatic carbocycles. The summed E-state index contributed by atoms with van der Waals surface area (Å²) in [5, 5.41) is 10.4. The summed E-state index contributed by atoms with van der Waals surface area (Å²) >= 11 is 0. The van der Waals surface area contributed by atoms with E-state index in [-0.39, 0.29) is 5.60 Å². The number of aliphatic hydroxyl groups is 1. The van der Waals surface area contributed by atoms with Gasteiger partial charge in [-0.15, -0.1) is 0 Å². The first-order valence-electron chi connectivity index (χ1n) is 6.30. The third-order valence-corrected chi connectivity index (χ3v) is 3.23. The molecular weight excluding hydrogens is 172 g/mol. The minimum absolute atomic E-state index is 0.368. The number of rotatable bonds is 8. The van der Waals surface area contributed by atoms with E-state index in [1.54, 1.807) is 0 Å². The predicted molar refractivity (Wildman–Crippen MR) is 63.5 cm³/mol. The van der Waals surface area contributed by atoms with Crippen LogP contribution in [0.4, 0.5) is 0 Å². The molecule has 0 spiro atoms. The molecular formula is C13H28O. The summed E-state index contributed by atoms with van der Waals surface area (Å²) < 4.78 is 0. The van der Waals surface area contributed by atoms with E-state index in [2.05, 4.69) is 27.7 Å². The Morgan fingerprint density at radius 1 is 1.00 bits per heavy atom. The fourth-order valence-electron chi connectivity index (χ4n) is 2.02. The molecule has 86 valence electrons. The molecule has 0 aromatic carbocycles. The molecule has 0 fully saturated rings. The molecule has 14 heavy (non-hydrogen) atoms. The second kappa shape index (κ2) is 7.28. The third kappa shape index (κ3) is 5.64. The highest BCUT2D eigenvalue weighted by atomic mass is 16.3. The number of hydrogen-bond donors (Lipinski definition) is 1. The molecule has 1 heteroatoms. The lowest BCUT2D eigenvalue weighted by Gasteiger charge is -2.28. The van der Waals surface area contributed by atoms with Crippen LogP contribution in [0, 0.1) is 5.92 Å². The van der Waals surface area contributed by atoms with Crippen molar-refractivity contribution in [1.29, 1.82) is 0 Å². The Balaban J connectivity index is 3.94. The van der Waals surface area contributed by atoms with Crippen LogP contribution in [0.3, 0.4) is 0 Å². The van der Waals surface area contributed by atoms with Crippen molar-refractivity contribution in [2.24, 2.45) is 5.92 Å². The Morgan fingerprint density at radius 2 is 1.50 bits per heavy atom. The van der Waals surface area contributed by atoms with Gasteiger partial charge in [-0.05, 0) is 31.6 Å². The molecule has 0 rings (SSSR count). The Bertz CT molecular complexity index is 125. The lowest BCUT2D eigenvalue weighted by Crippen LogP contribution is -2.28. The molecule has 0 aromatic rings. The minimum Gasteiger partial charge on any atom is -0.390 e. The maximum atomic E-state index is 10.4. The summed E-state index contributed by atoms with van der Waals surface area (Å²) in [6, 6.07) is 0. The van der Waals surface area contributed by atoms with Gasteiger partial charge in [0.1, 0.15) is 0 Å². The van der Waals surface area contributed by atoms with Crippen LogP contribution < -0.4 is 0 Å². The fraction of sp³-hybridized carbons (Fsp3) is 1.00. The van der Waals surface area contributed by atoms with Crippen LogP contribution in [0.1, 0.15) is 72.6 Å². The Hall–Kier alpha value is -0.0400. The number of hydrogen-bond acceptors (Lipinski definition) is 1. The molecule has 0 bridgehead atoms. The fourth-order valence-corrected chi connectivity index (χ4v) is 2.02. The Morgan fingerprint density at radius 3 is 1.86 bits per heavy atom. The zero-order valence-electron chi connectivity index (χ0n) is 10.5. The van der Waals surface area contributed by atoms with Crippen LogP contribution in [-0.2, 0) is 0 Å². The maximum absolute atomic E-state index is 10.4. The zero-order valence-corrected chi connectivity index (χ0v) is 10.5. The van der Waals surface area contributed by atoms with Gasteiger partial charge in [0.25, 0.3) is 0 Å². The smallest absolute Gasteiger partial charge is 0.0647 e. The van der Waals surface area contributed by atoms with Crippen LogP contribution in [-0.4, -0.2) is 10.7 Å². The highest BCUT2D eigenvalue weighted by molar-refractivity contribution is 4.78. The van der Waals surface area contributed by atoms with Crippen LogP contribution >= 0.6 is 0 Å². The SMILES string of the molecule is CCCC(O)(CCC)CC[C@H](C)CC. The topological polar surface area (TPSA) is 20.2 Å². The average molecular weight is 200 g/mol. The summed E-state index contributed by atoms with van der Waals surface area (Å²) in [5.74, 6) is 0.759. The van der Waals surface area contributed by atoms with Gasteiger partial charge in [0.05, 0.1) is 5.60 Å². The predicted octanol–water partition coefficient (Wildman–Crippen LogP) is 4.14. The summed E-state index contributed by atoms with van der Waals surface area (Å²) in [6.07, 6.45) is 7.52. The summed E-state index contributed by atoms with van der Waals surface area (Å²) in [7, 11) is 0. The monoisotopic (exact) mass is 200 g/mol. The van der Waals surface area contributed by atoms with Crippen molar-refractivity contribution in [2.45, 2.75) is 78.2 Å². The lowest BCUT2D eigenvalue weighted by molar-refractivity contribution is 0.00759. The standard InChI is InChI=1S/C13H28O/c1-5-9-13(14,10-6-2)11-8-12(4)7-3/h12,14H,5-11H2,1-4H3/t12-/m1/s1. The summed E-state index contributed by atoms with van der Waals surface area (Å²) in [5.41, 5.74) is -0.368. The van der Waals surface area contributed by atoms with Gasteiger partial charge in [-0.3, -0.25) is 0 Å². The van der Waals surface area contributed by atoms with E-state index in [1.165, 1.54) is 12.8 Å². The van der Waals surface area contributed by atoms with Gasteiger partial charge in [-0.25, -0.2) is 0 Å². The largest absolute Gasteiger partial charge is 0.390 e. The molecule has 0 aliphatic heterocycles.